The van der Waals surface area contributed by atoms with Crippen molar-refractivity contribution in [3.8, 4) is 0 Å². The maximum Gasteiger partial charge on any atom is 0.337 e. The molecule has 0 aliphatic rings. The maximum atomic E-state index is 12.2. The molecular formula is C15H13BrN2O3. The lowest BCUT2D eigenvalue weighted by Gasteiger charge is -2.13. The quantitative estimate of drug-likeness (QED) is 0.890. The van der Waals surface area contributed by atoms with E-state index in [2.05, 4.69) is 26.2 Å². The van der Waals surface area contributed by atoms with Gasteiger partial charge >= 0.3 is 5.97 Å². The first-order chi connectivity index (χ1) is 9.88. The number of carboxylic acid groups (broad SMARTS) is 1. The van der Waals surface area contributed by atoms with E-state index < -0.39 is 11.9 Å². The van der Waals surface area contributed by atoms with E-state index in [1.165, 1.54) is 12.3 Å². The molecular weight excluding hydrogens is 336 g/mol. The van der Waals surface area contributed by atoms with Crippen LogP contribution in [0.2, 0.25) is 0 Å². The topological polar surface area (TPSA) is 79.3 Å². The molecule has 1 aromatic carbocycles. The molecule has 0 spiro atoms. The maximum absolute atomic E-state index is 12.2. The number of nitrogens with zero attached hydrogens (tertiary/aromatic N) is 1. The number of amides is 1. The van der Waals surface area contributed by atoms with Crippen molar-refractivity contribution in [1.29, 1.82) is 0 Å². The Kier molecular flexibility index (Phi) is 4.37. The standard InChI is InChI=1S/C15H13BrN2O3/c1-8-3-9(2)13(12(4-8)15(20)21)18-14(19)10-5-11(16)7-17-6-10/h3-7H,1-2H3,(H,18,19)(H,20,21). The molecule has 0 atom stereocenters. The minimum atomic E-state index is -1.08. The van der Waals surface area contributed by atoms with Crippen molar-refractivity contribution in [3.05, 3.63) is 57.3 Å². The van der Waals surface area contributed by atoms with Gasteiger partial charge in [0, 0.05) is 16.9 Å². The number of halogens is 1. The van der Waals surface area contributed by atoms with Crippen LogP contribution in [-0.2, 0) is 0 Å². The molecule has 6 heteroatoms. The highest BCUT2D eigenvalue weighted by Crippen LogP contribution is 2.24. The molecule has 21 heavy (non-hydrogen) atoms. The van der Waals surface area contributed by atoms with Crippen LogP contribution in [0.1, 0.15) is 31.8 Å². The summed E-state index contributed by atoms with van der Waals surface area (Å²) in [5.74, 6) is -1.48. The van der Waals surface area contributed by atoms with Gasteiger partial charge in [-0.2, -0.15) is 0 Å². The summed E-state index contributed by atoms with van der Waals surface area (Å²) in [6.45, 7) is 3.57. The summed E-state index contributed by atoms with van der Waals surface area (Å²) in [7, 11) is 0. The second kappa shape index (κ2) is 6.05. The van der Waals surface area contributed by atoms with E-state index in [4.69, 9.17) is 0 Å². The van der Waals surface area contributed by atoms with Gasteiger partial charge in [-0.25, -0.2) is 4.79 Å². The van der Waals surface area contributed by atoms with Gasteiger partial charge in [0.25, 0.3) is 5.91 Å². The average molecular weight is 349 g/mol. The van der Waals surface area contributed by atoms with Gasteiger partial charge in [0.15, 0.2) is 0 Å². The summed E-state index contributed by atoms with van der Waals surface area (Å²) in [6.07, 6.45) is 2.99. The van der Waals surface area contributed by atoms with E-state index in [9.17, 15) is 14.7 Å². The SMILES string of the molecule is Cc1cc(C)c(NC(=O)c2cncc(Br)c2)c(C(=O)O)c1. The van der Waals surface area contributed by atoms with Crippen LogP contribution in [0, 0.1) is 13.8 Å². The van der Waals surface area contributed by atoms with Crippen molar-refractivity contribution in [2.45, 2.75) is 13.8 Å². The molecule has 1 amide bonds. The van der Waals surface area contributed by atoms with Crippen molar-refractivity contribution in [2.24, 2.45) is 0 Å². The molecule has 5 nitrogen and oxygen atoms in total. The van der Waals surface area contributed by atoms with Crippen LogP contribution >= 0.6 is 15.9 Å². The third-order valence-corrected chi connectivity index (χ3v) is 3.35. The van der Waals surface area contributed by atoms with E-state index in [-0.39, 0.29) is 5.56 Å². The monoisotopic (exact) mass is 348 g/mol. The lowest BCUT2D eigenvalue weighted by atomic mass is 10.0. The first kappa shape index (κ1) is 15.2. The van der Waals surface area contributed by atoms with Crippen molar-refractivity contribution in [3.63, 3.8) is 0 Å². The average Bonchev–Trinajstić information content (AvgIpc) is 2.41. The zero-order valence-electron chi connectivity index (χ0n) is 11.5. The molecule has 1 aromatic heterocycles. The van der Waals surface area contributed by atoms with Crippen molar-refractivity contribution in [2.75, 3.05) is 5.32 Å². The van der Waals surface area contributed by atoms with E-state index >= 15 is 0 Å². The number of benzene rings is 1. The number of pyridine rings is 1. The number of hydrogen-bond donors (Lipinski definition) is 2. The fourth-order valence-corrected chi connectivity index (χ4v) is 2.39. The van der Waals surface area contributed by atoms with Gasteiger partial charge < -0.3 is 10.4 Å². The smallest absolute Gasteiger partial charge is 0.337 e. The van der Waals surface area contributed by atoms with Crippen LogP contribution in [0.5, 0.6) is 0 Å². The highest BCUT2D eigenvalue weighted by atomic mass is 79.9. The predicted molar refractivity (Wildman–Crippen MR) is 82.8 cm³/mol. The third kappa shape index (κ3) is 3.46. The second-order valence-electron chi connectivity index (χ2n) is 4.66. The molecule has 0 saturated carbocycles. The summed E-state index contributed by atoms with van der Waals surface area (Å²) in [5, 5.41) is 11.9. The van der Waals surface area contributed by atoms with Crippen LogP contribution in [0.15, 0.2) is 35.1 Å². The molecule has 2 N–H and O–H groups in total. The molecule has 0 bridgehead atoms. The molecule has 0 aliphatic heterocycles. The minimum Gasteiger partial charge on any atom is -0.478 e. The van der Waals surface area contributed by atoms with Crippen LogP contribution in [0.25, 0.3) is 0 Å². The lowest BCUT2D eigenvalue weighted by molar-refractivity contribution is 0.0698. The number of carbonyl (C=O) groups excluding carboxylic acids is 1. The van der Waals surface area contributed by atoms with Crippen molar-refractivity contribution < 1.29 is 14.7 Å². The van der Waals surface area contributed by atoms with Gasteiger partial charge in [-0.1, -0.05) is 6.07 Å². The molecule has 1 heterocycles. The summed E-state index contributed by atoms with van der Waals surface area (Å²) in [5.41, 5.74) is 2.25. The van der Waals surface area contributed by atoms with Crippen molar-refractivity contribution in [1.82, 2.24) is 4.98 Å². The number of hydrogen-bond acceptors (Lipinski definition) is 3. The van der Waals surface area contributed by atoms with Gasteiger partial charge in [-0.05, 0) is 53.0 Å². The summed E-state index contributed by atoms with van der Waals surface area (Å²) in [6, 6.07) is 4.97. The zero-order valence-corrected chi connectivity index (χ0v) is 13.1. The van der Waals surface area contributed by atoms with E-state index in [0.717, 1.165) is 5.56 Å². The summed E-state index contributed by atoms with van der Waals surface area (Å²) < 4.78 is 0.675. The lowest BCUT2D eigenvalue weighted by Crippen LogP contribution is -2.16. The Hall–Kier alpha value is -2.21. The highest BCUT2D eigenvalue weighted by Gasteiger charge is 2.16. The van der Waals surface area contributed by atoms with Crippen LogP contribution in [0.4, 0.5) is 5.69 Å². The molecule has 0 fully saturated rings. The Morgan fingerprint density at radius 2 is 1.90 bits per heavy atom. The number of rotatable bonds is 3. The van der Waals surface area contributed by atoms with Gasteiger partial charge in [0.2, 0.25) is 0 Å². The molecule has 2 rings (SSSR count). The molecule has 0 unspecified atom stereocenters. The van der Waals surface area contributed by atoms with Crippen LogP contribution < -0.4 is 5.32 Å². The number of carboxylic acids is 1. The Labute approximate surface area is 130 Å². The first-order valence-electron chi connectivity index (χ1n) is 6.15. The van der Waals surface area contributed by atoms with E-state index in [1.54, 1.807) is 19.2 Å². The number of aryl methyl sites for hydroxylation is 2. The van der Waals surface area contributed by atoms with E-state index in [1.807, 2.05) is 13.0 Å². The normalized spacial score (nSPS) is 10.2. The van der Waals surface area contributed by atoms with Crippen molar-refractivity contribution >= 4 is 33.5 Å². The summed E-state index contributed by atoms with van der Waals surface area (Å²) in [4.78, 5) is 27.5. The fourth-order valence-electron chi connectivity index (χ4n) is 2.02. The van der Waals surface area contributed by atoms with E-state index in [0.29, 0.717) is 21.3 Å². The minimum absolute atomic E-state index is 0.0730. The molecule has 0 saturated heterocycles. The Bertz CT molecular complexity index is 729. The third-order valence-electron chi connectivity index (χ3n) is 2.92. The first-order valence-corrected chi connectivity index (χ1v) is 6.94. The van der Waals surface area contributed by atoms with Gasteiger partial charge in [0.05, 0.1) is 16.8 Å². The van der Waals surface area contributed by atoms with Crippen LogP contribution in [0.3, 0.4) is 0 Å². The largest absolute Gasteiger partial charge is 0.478 e. The second-order valence-corrected chi connectivity index (χ2v) is 5.57. The number of anilines is 1. The van der Waals surface area contributed by atoms with Crippen LogP contribution in [-0.4, -0.2) is 22.0 Å². The Morgan fingerprint density at radius 3 is 2.52 bits per heavy atom. The summed E-state index contributed by atoms with van der Waals surface area (Å²) >= 11 is 3.24. The number of nitrogens with one attached hydrogen (secondary N) is 1. The fraction of sp³-hybridized carbons (Fsp3) is 0.133. The Balaban J connectivity index is 2.39. The highest BCUT2D eigenvalue weighted by molar-refractivity contribution is 9.10. The molecule has 2 aromatic rings. The zero-order chi connectivity index (χ0) is 15.6. The van der Waals surface area contributed by atoms with Gasteiger partial charge in [-0.3, -0.25) is 9.78 Å². The van der Waals surface area contributed by atoms with Gasteiger partial charge in [0.1, 0.15) is 0 Å². The van der Waals surface area contributed by atoms with Gasteiger partial charge in [-0.15, -0.1) is 0 Å². The Morgan fingerprint density at radius 1 is 1.19 bits per heavy atom. The predicted octanol–water partition coefficient (Wildman–Crippen LogP) is 3.41. The number of aromatic carboxylic acids is 1. The molecule has 0 radical (unpaired) electrons. The number of aromatic nitrogens is 1. The number of carbonyl (C=O) groups is 2. The molecule has 108 valence electrons. The molecule has 0 aliphatic carbocycles.